The van der Waals surface area contributed by atoms with E-state index in [1.165, 1.54) is 15.8 Å². The van der Waals surface area contributed by atoms with Crippen LogP contribution in [-0.4, -0.2) is 14.3 Å². The monoisotopic (exact) mass is 198 g/mol. The zero-order chi connectivity index (χ0) is 7.82. The fraction of sp³-hybridized carbons (Fsp3) is 0.333. The summed E-state index contributed by atoms with van der Waals surface area (Å²) in [5.74, 6) is 0. The Morgan fingerprint density at radius 2 is 1.10 bits per heavy atom. The van der Waals surface area contributed by atoms with Gasteiger partial charge in [0.1, 0.15) is 0 Å². The summed E-state index contributed by atoms with van der Waals surface area (Å²) in [6.07, 6.45) is 6.12. The van der Waals surface area contributed by atoms with Crippen molar-refractivity contribution in [2.45, 2.75) is 15.8 Å². The third-order valence-corrected chi connectivity index (χ3v) is 7.79. The van der Waals surface area contributed by atoms with Crippen molar-refractivity contribution in [3.8, 4) is 0 Å². The number of hydrogen-bond acceptors (Lipinski definition) is 0. The van der Waals surface area contributed by atoms with Crippen LogP contribution < -0.4 is 0 Å². The Labute approximate surface area is 68.4 Å². The molecule has 0 aliphatic heterocycles. The summed E-state index contributed by atoms with van der Waals surface area (Å²) in [5.41, 5.74) is 0. The fourth-order valence-electron chi connectivity index (χ4n) is 0.996. The van der Waals surface area contributed by atoms with Gasteiger partial charge >= 0.3 is 68.1 Å². The molecule has 0 fully saturated rings. The third-order valence-electron chi connectivity index (χ3n) is 1.50. The second-order valence-corrected chi connectivity index (χ2v) is 9.04. The third kappa shape index (κ3) is 4.62. The molecule has 0 heterocycles. The van der Waals surface area contributed by atoms with Gasteiger partial charge in [0.25, 0.3) is 0 Å². The minimum absolute atomic E-state index is 1.03. The molecule has 0 aliphatic carbocycles. The Morgan fingerprint density at radius 3 is 1.30 bits per heavy atom. The van der Waals surface area contributed by atoms with Crippen LogP contribution in [0.15, 0.2) is 38.0 Å². The molecule has 0 bridgehead atoms. The first-order valence-electron chi connectivity index (χ1n) is 3.67. The van der Waals surface area contributed by atoms with Crippen LogP contribution in [0, 0.1) is 0 Å². The molecule has 0 aromatic rings. The van der Waals surface area contributed by atoms with E-state index < -0.39 is 14.3 Å². The van der Waals surface area contributed by atoms with Crippen molar-refractivity contribution in [3.05, 3.63) is 38.0 Å². The van der Waals surface area contributed by atoms with E-state index in [0.717, 1.165) is 0 Å². The molecule has 0 saturated carbocycles. The molecule has 0 aliphatic rings. The van der Waals surface area contributed by atoms with E-state index in [1.807, 2.05) is 18.2 Å². The molecule has 0 saturated heterocycles. The van der Waals surface area contributed by atoms with Crippen molar-refractivity contribution in [2.75, 3.05) is 0 Å². The van der Waals surface area contributed by atoms with Crippen LogP contribution >= 0.6 is 0 Å². The van der Waals surface area contributed by atoms with Crippen molar-refractivity contribution >= 4 is 14.3 Å². The van der Waals surface area contributed by atoms with E-state index in [0.29, 0.717) is 0 Å². The van der Waals surface area contributed by atoms with E-state index in [4.69, 9.17) is 0 Å². The van der Waals surface area contributed by atoms with Gasteiger partial charge in [-0.05, 0) is 0 Å². The molecule has 0 N–H and O–H groups in total. The standard InChI is InChI=1S/C9H16Ge/c1-4-7-10(8-5-2)9-6-3/h4-6,10H,1-3,7-9H2. The van der Waals surface area contributed by atoms with Gasteiger partial charge in [-0.15, -0.1) is 0 Å². The summed E-state index contributed by atoms with van der Waals surface area (Å²) in [4.78, 5) is 0. The van der Waals surface area contributed by atoms with E-state index in [2.05, 4.69) is 19.7 Å². The average molecular weight is 197 g/mol. The molecule has 0 radical (unpaired) electrons. The van der Waals surface area contributed by atoms with Gasteiger partial charge in [0.05, 0.1) is 0 Å². The first kappa shape index (κ1) is 9.76. The van der Waals surface area contributed by atoms with E-state index in [9.17, 15) is 0 Å². The summed E-state index contributed by atoms with van der Waals surface area (Å²) in [5, 5.41) is 3.76. The molecule has 1 heteroatoms. The second kappa shape index (κ2) is 6.88. The molecule has 0 unspecified atom stereocenters. The van der Waals surface area contributed by atoms with Gasteiger partial charge in [-0.3, -0.25) is 0 Å². The minimum atomic E-state index is -1.03. The summed E-state index contributed by atoms with van der Waals surface area (Å²) in [6, 6.07) is 0. The molecule has 56 valence electrons. The Balaban J connectivity index is 3.58. The van der Waals surface area contributed by atoms with Crippen LogP contribution in [0.2, 0.25) is 15.8 Å². The summed E-state index contributed by atoms with van der Waals surface area (Å²) < 4.78 is 0. The topological polar surface area (TPSA) is 0 Å². The van der Waals surface area contributed by atoms with Crippen LogP contribution in [0.4, 0.5) is 0 Å². The molecular formula is C9H16Ge. The number of allylic oxidation sites excluding steroid dienone is 3. The van der Waals surface area contributed by atoms with Crippen LogP contribution in [-0.2, 0) is 0 Å². The van der Waals surface area contributed by atoms with Crippen LogP contribution in [0.1, 0.15) is 0 Å². The fourth-order valence-corrected chi connectivity index (χ4v) is 5.17. The Bertz CT molecular complexity index is 92.1. The molecule has 0 spiro atoms. The van der Waals surface area contributed by atoms with Gasteiger partial charge in [0, 0.05) is 0 Å². The SMILES string of the molecule is C=C[CH2][GeH]([CH2]C=C)[CH2]C=C. The zero-order valence-electron chi connectivity index (χ0n) is 6.55. The van der Waals surface area contributed by atoms with Crippen molar-refractivity contribution in [3.63, 3.8) is 0 Å². The van der Waals surface area contributed by atoms with Crippen molar-refractivity contribution < 1.29 is 0 Å². The molecule has 0 nitrogen and oxygen atoms in total. The molecule has 0 aromatic heterocycles. The van der Waals surface area contributed by atoms with Gasteiger partial charge in [0.15, 0.2) is 0 Å². The zero-order valence-corrected chi connectivity index (χ0v) is 8.97. The van der Waals surface area contributed by atoms with Gasteiger partial charge in [-0.2, -0.15) is 0 Å². The van der Waals surface area contributed by atoms with Gasteiger partial charge in [0.2, 0.25) is 0 Å². The maximum absolute atomic E-state index is 3.74. The van der Waals surface area contributed by atoms with Crippen LogP contribution in [0.25, 0.3) is 0 Å². The van der Waals surface area contributed by atoms with E-state index in [-0.39, 0.29) is 0 Å². The van der Waals surface area contributed by atoms with E-state index >= 15 is 0 Å². The molecule has 0 atom stereocenters. The normalized spacial score (nSPS) is 9.30. The predicted molar refractivity (Wildman–Crippen MR) is 52.2 cm³/mol. The van der Waals surface area contributed by atoms with Crippen LogP contribution in [0.3, 0.4) is 0 Å². The van der Waals surface area contributed by atoms with Gasteiger partial charge in [-0.1, -0.05) is 0 Å². The first-order valence-corrected chi connectivity index (χ1v) is 8.81. The van der Waals surface area contributed by atoms with Crippen LogP contribution in [0.5, 0.6) is 0 Å². The predicted octanol–water partition coefficient (Wildman–Crippen LogP) is 2.77. The van der Waals surface area contributed by atoms with Crippen molar-refractivity contribution in [1.29, 1.82) is 0 Å². The van der Waals surface area contributed by atoms with E-state index in [1.54, 1.807) is 0 Å². The second-order valence-electron chi connectivity index (χ2n) is 2.44. The Kier molecular flexibility index (Phi) is 6.71. The molecule has 0 rings (SSSR count). The molecule has 10 heavy (non-hydrogen) atoms. The van der Waals surface area contributed by atoms with Crippen molar-refractivity contribution in [1.82, 2.24) is 0 Å². The maximum atomic E-state index is 3.74. The molecular weight excluding hydrogens is 181 g/mol. The average Bonchev–Trinajstić information content (AvgIpc) is 1.90. The van der Waals surface area contributed by atoms with Gasteiger partial charge < -0.3 is 0 Å². The Morgan fingerprint density at radius 1 is 0.800 bits per heavy atom. The summed E-state index contributed by atoms with van der Waals surface area (Å²) in [7, 11) is 0. The van der Waals surface area contributed by atoms with Crippen molar-refractivity contribution in [2.24, 2.45) is 0 Å². The van der Waals surface area contributed by atoms with Gasteiger partial charge in [-0.25, -0.2) is 0 Å². The number of hydrogen-bond donors (Lipinski definition) is 0. The Hall–Kier alpha value is -0.237. The summed E-state index contributed by atoms with van der Waals surface area (Å²) >= 11 is -1.03. The first-order chi connectivity index (χ1) is 4.85. The summed E-state index contributed by atoms with van der Waals surface area (Å²) in [6.45, 7) is 11.2. The molecule has 0 aromatic carbocycles. The molecule has 0 amide bonds. The number of rotatable bonds is 6. The quantitative estimate of drug-likeness (QED) is 0.453.